The van der Waals surface area contributed by atoms with E-state index in [1.807, 2.05) is 69.3 Å². The van der Waals surface area contributed by atoms with Crippen molar-refractivity contribution in [2.45, 2.75) is 88.1 Å². The number of carbonyl (C=O) groups is 2. The molecule has 3 aliphatic rings. The van der Waals surface area contributed by atoms with Gasteiger partial charge in [0.2, 0.25) is 0 Å². The van der Waals surface area contributed by atoms with Gasteiger partial charge in [-0.05, 0) is 90.9 Å². The molecule has 17 heteroatoms. The van der Waals surface area contributed by atoms with Crippen molar-refractivity contribution < 1.29 is 24.2 Å². The molecule has 0 amide bonds. The molecule has 3 heterocycles. The van der Waals surface area contributed by atoms with E-state index in [0.29, 0.717) is 50.0 Å². The number of ether oxygens (including phenoxy) is 2. The number of esters is 2. The molecule has 3 fully saturated rings. The zero-order chi connectivity index (χ0) is 45.1. The molecule has 3 saturated heterocycles. The van der Waals surface area contributed by atoms with Gasteiger partial charge < -0.3 is 19.9 Å². The highest BCUT2D eigenvalue weighted by atomic mass is 16.6. The van der Waals surface area contributed by atoms with Gasteiger partial charge in [-0.3, -0.25) is 9.80 Å². The van der Waals surface area contributed by atoms with Gasteiger partial charge in [-0.15, -0.1) is 0 Å². The maximum Gasteiger partial charge on any atom is 0.338 e. The number of nitrogens with zero attached hydrogens (tertiary/aromatic N) is 11. The summed E-state index contributed by atoms with van der Waals surface area (Å²) in [4.78, 5) is 37.6. The van der Waals surface area contributed by atoms with Crippen molar-refractivity contribution in [1.29, 1.82) is 0 Å². The number of aliphatic hydroxyl groups excluding tert-OH is 1. The monoisotopic (exact) mass is 856 g/mol. The summed E-state index contributed by atoms with van der Waals surface area (Å²) in [6.45, 7) is 11.0. The topological polar surface area (TPSA) is 238 Å². The van der Waals surface area contributed by atoms with Crippen LogP contribution in [-0.4, -0.2) is 101 Å². The van der Waals surface area contributed by atoms with Gasteiger partial charge in [0.15, 0.2) is 0 Å². The lowest BCUT2D eigenvalue weighted by Gasteiger charge is -2.42. The van der Waals surface area contributed by atoms with Crippen molar-refractivity contribution in [3.05, 3.63) is 175 Å². The van der Waals surface area contributed by atoms with Crippen molar-refractivity contribution in [3.63, 3.8) is 0 Å². The SMILES string of the molecule is C[C@@]1(N=[N+]=[N-])CCN(Cc2ccccc2)C[C@@H]1OC(=O)c1ccccc1.C[C@@]1(N=[N+]=[N-])CCN(Cc2ccccc2)C[C@H]1O.C[C@@]1(N=[N+]=[N-])CCNC[C@@H]1OC(=O)c1ccccc1. The minimum atomic E-state index is -0.744. The standard InChI is InChI=1S/C20H22N4O2.C13H16N4O2.C13H18N4O/c1-20(22-23-21)12-13-24(14-16-8-4-2-5-9-16)15-18(20)26-19(25)17-10-6-3-7-11-17;1-13(16-17-14)7-8-15-9-11(13)19-12(18)10-5-3-2-4-6-10;1-13(15-16-14)7-8-17(10-12(13)18)9-11-5-3-2-4-6-11/h2-11,18H,12-15H2,1H3;2-6,11,15H,7-9H2,1H3;2-6,12,18H,7-10H2,1H3/t18-,20+;11-,13+;12-,13-/m001/s1. The summed E-state index contributed by atoms with van der Waals surface area (Å²) in [6.07, 6.45) is 0.408. The number of rotatable bonds is 11. The van der Waals surface area contributed by atoms with E-state index in [1.54, 1.807) is 48.5 Å². The van der Waals surface area contributed by atoms with Crippen LogP contribution in [-0.2, 0) is 22.6 Å². The van der Waals surface area contributed by atoms with Crippen molar-refractivity contribution in [1.82, 2.24) is 15.1 Å². The molecule has 17 nitrogen and oxygen atoms in total. The molecule has 0 unspecified atom stereocenters. The highest BCUT2D eigenvalue weighted by Gasteiger charge is 2.42. The lowest BCUT2D eigenvalue weighted by atomic mass is 9.87. The van der Waals surface area contributed by atoms with Crippen LogP contribution in [0.5, 0.6) is 0 Å². The summed E-state index contributed by atoms with van der Waals surface area (Å²) >= 11 is 0. The van der Waals surface area contributed by atoms with Crippen molar-refractivity contribution in [3.8, 4) is 0 Å². The predicted molar refractivity (Wildman–Crippen MR) is 240 cm³/mol. The van der Waals surface area contributed by atoms with E-state index in [4.69, 9.17) is 26.1 Å². The molecule has 0 aliphatic carbocycles. The van der Waals surface area contributed by atoms with Gasteiger partial charge in [0.25, 0.3) is 0 Å². The fourth-order valence-electron chi connectivity index (χ4n) is 7.61. The number of piperidine rings is 3. The van der Waals surface area contributed by atoms with Crippen LogP contribution < -0.4 is 5.32 Å². The Morgan fingerprint density at radius 2 is 1.02 bits per heavy atom. The minimum Gasteiger partial charge on any atom is -0.457 e. The Balaban J connectivity index is 0.000000182. The lowest BCUT2D eigenvalue weighted by molar-refractivity contribution is -0.0254. The third kappa shape index (κ3) is 13.8. The van der Waals surface area contributed by atoms with E-state index >= 15 is 0 Å². The van der Waals surface area contributed by atoms with Gasteiger partial charge in [-0.1, -0.05) is 133 Å². The van der Waals surface area contributed by atoms with E-state index in [0.717, 1.165) is 32.7 Å². The quantitative estimate of drug-likeness (QED) is 0.0638. The predicted octanol–water partition coefficient (Wildman–Crippen LogP) is 8.78. The Hall–Kier alpha value is -6.41. The number of carbonyl (C=O) groups excluding carboxylic acids is 2. The number of hydrogen-bond donors (Lipinski definition) is 2. The second kappa shape index (κ2) is 23.2. The fourth-order valence-corrected chi connectivity index (χ4v) is 7.61. The Bertz CT molecular complexity index is 2220. The Kier molecular flexibility index (Phi) is 17.5. The van der Waals surface area contributed by atoms with Gasteiger partial charge >= 0.3 is 11.9 Å². The average Bonchev–Trinajstić information content (AvgIpc) is 3.29. The molecule has 4 aromatic rings. The van der Waals surface area contributed by atoms with Gasteiger partial charge in [-0.2, -0.15) is 0 Å². The van der Waals surface area contributed by atoms with Crippen LogP contribution >= 0.6 is 0 Å². The largest absolute Gasteiger partial charge is 0.457 e. The van der Waals surface area contributed by atoms with Crippen LogP contribution in [0.25, 0.3) is 31.3 Å². The number of azide groups is 3. The highest BCUT2D eigenvalue weighted by molar-refractivity contribution is 5.90. The summed E-state index contributed by atoms with van der Waals surface area (Å²) < 4.78 is 11.2. The molecular formula is C46H56N12O5. The average molecular weight is 857 g/mol. The van der Waals surface area contributed by atoms with E-state index in [1.165, 1.54) is 11.1 Å². The van der Waals surface area contributed by atoms with Crippen LogP contribution in [0.15, 0.2) is 137 Å². The first-order valence-corrected chi connectivity index (χ1v) is 21.0. The molecule has 6 atom stereocenters. The Morgan fingerprint density at radius 3 is 1.48 bits per heavy atom. The third-order valence-electron chi connectivity index (χ3n) is 11.8. The molecule has 2 N–H and O–H groups in total. The van der Waals surface area contributed by atoms with Crippen molar-refractivity contribution in [2.24, 2.45) is 15.3 Å². The Morgan fingerprint density at radius 1 is 0.619 bits per heavy atom. The maximum absolute atomic E-state index is 12.5. The van der Waals surface area contributed by atoms with Gasteiger partial charge in [0.05, 0.1) is 33.8 Å². The van der Waals surface area contributed by atoms with Crippen LogP contribution in [0.3, 0.4) is 0 Å². The third-order valence-corrected chi connectivity index (χ3v) is 11.8. The van der Waals surface area contributed by atoms with E-state index in [-0.39, 0.29) is 0 Å². The molecule has 4 aromatic carbocycles. The fraction of sp³-hybridized carbons (Fsp3) is 0.435. The number of likely N-dealkylation sites (tertiary alicyclic amines) is 2. The lowest BCUT2D eigenvalue weighted by Crippen LogP contribution is -2.54. The minimum absolute atomic E-state index is 0.392. The first-order valence-electron chi connectivity index (χ1n) is 21.0. The summed E-state index contributed by atoms with van der Waals surface area (Å²) in [6, 6.07) is 38.0. The smallest absolute Gasteiger partial charge is 0.338 e. The zero-order valence-electron chi connectivity index (χ0n) is 36.1. The molecule has 0 bridgehead atoms. The second-order valence-electron chi connectivity index (χ2n) is 16.6. The van der Waals surface area contributed by atoms with E-state index < -0.39 is 46.9 Å². The van der Waals surface area contributed by atoms with Crippen LogP contribution in [0.1, 0.15) is 71.9 Å². The molecule has 7 rings (SSSR count). The normalized spacial score (nSPS) is 25.6. The van der Waals surface area contributed by atoms with Crippen LogP contribution in [0.2, 0.25) is 0 Å². The second-order valence-corrected chi connectivity index (χ2v) is 16.6. The first-order chi connectivity index (χ1) is 30.4. The highest BCUT2D eigenvalue weighted by Crippen LogP contribution is 2.31. The maximum atomic E-state index is 12.5. The first kappa shape index (κ1) is 47.6. The number of nitrogens with one attached hydrogen (secondary N) is 1. The number of β-amino-alcohol motifs (C(OH)–C–C–N with tert-alkyl or cyclic N) is 1. The molecule has 0 radical (unpaired) electrons. The van der Waals surface area contributed by atoms with E-state index in [9.17, 15) is 14.7 Å². The summed E-state index contributed by atoms with van der Waals surface area (Å²) in [5, 5.41) is 24.8. The number of hydrogen-bond acceptors (Lipinski definition) is 11. The Labute approximate surface area is 367 Å². The molecule has 0 spiro atoms. The van der Waals surface area contributed by atoms with Crippen LogP contribution in [0.4, 0.5) is 0 Å². The van der Waals surface area contributed by atoms with Crippen LogP contribution in [0, 0.1) is 0 Å². The van der Waals surface area contributed by atoms with Gasteiger partial charge in [0, 0.05) is 47.5 Å². The molecule has 0 saturated carbocycles. The molecule has 3 aliphatic heterocycles. The van der Waals surface area contributed by atoms with Gasteiger partial charge in [0.1, 0.15) is 12.2 Å². The summed E-state index contributed by atoms with van der Waals surface area (Å²) in [5.74, 6) is -0.787. The molecule has 63 heavy (non-hydrogen) atoms. The van der Waals surface area contributed by atoms with E-state index in [2.05, 4.69) is 69.5 Å². The molecule has 0 aromatic heterocycles. The zero-order valence-corrected chi connectivity index (χ0v) is 36.1. The summed E-state index contributed by atoms with van der Waals surface area (Å²) in [7, 11) is 0. The van der Waals surface area contributed by atoms with Gasteiger partial charge in [-0.25, -0.2) is 9.59 Å². The van der Waals surface area contributed by atoms with Crippen molar-refractivity contribution in [2.75, 3.05) is 39.3 Å². The number of benzene rings is 4. The summed E-state index contributed by atoms with van der Waals surface area (Å²) in [5.41, 5.74) is 27.5. The number of aliphatic hydroxyl groups is 1. The molecular weight excluding hydrogens is 801 g/mol. The van der Waals surface area contributed by atoms with Crippen molar-refractivity contribution >= 4 is 11.9 Å². The molecule has 330 valence electrons.